The Morgan fingerprint density at radius 2 is 2.12 bits per heavy atom. The number of nitrogens with zero attached hydrogens (tertiary/aromatic N) is 1. The van der Waals surface area contributed by atoms with Crippen LogP contribution in [-0.4, -0.2) is 7.05 Å². The molecule has 0 aliphatic carbocycles. The first-order chi connectivity index (χ1) is 7.68. The maximum Gasteiger partial charge on any atom is 0.0952 e. The van der Waals surface area contributed by atoms with Crippen molar-refractivity contribution >= 4 is 11.4 Å². The van der Waals surface area contributed by atoms with E-state index in [2.05, 4.69) is 17.9 Å². The van der Waals surface area contributed by atoms with Crippen molar-refractivity contribution in [1.29, 1.82) is 0 Å². The van der Waals surface area contributed by atoms with E-state index in [1.165, 1.54) is 5.56 Å². The molecule has 0 saturated carbocycles. The van der Waals surface area contributed by atoms with Crippen molar-refractivity contribution in [2.24, 2.45) is 0 Å². The van der Waals surface area contributed by atoms with E-state index >= 15 is 0 Å². The third kappa shape index (κ3) is 2.03. The number of benzene rings is 1. The summed E-state index contributed by atoms with van der Waals surface area (Å²) in [5.41, 5.74) is 10.2. The average Bonchev–Trinajstić information content (AvgIpc) is 2.70. The van der Waals surface area contributed by atoms with Crippen LogP contribution in [-0.2, 0) is 6.54 Å². The number of para-hydroxylation sites is 1. The summed E-state index contributed by atoms with van der Waals surface area (Å²) >= 11 is 0. The number of aryl methyl sites for hydroxylation is 1. The van der Waals surface area contributed by atoms with Crippen molar-refractivity contribution in [2.75, 3.05) is 17.7 Å². The Balaban J connectivity index is 2.24. The van der Waals surface area contributed by atoms with Crippen LogP contribution in [0.5, 0.6) is 0 Å². The van der Waals surface area contributed by atoms with Gasteiger partial charge in [0.25, 0.3) is 0 Å². The molecule has 0 saturated heterocycles. The lowest BCUT2D eigenvalue weighted by atomic mass is 10.1. The summed E-state index contributed by atoms with van der Waals surface area (Å²) in [5, 5.41) is 0. The van der Waals surface area contributed by atoms with Crippen LogP contribution in [0.2, 0.25) is 0 Å². The van der Waals surface area contributed by atoms with Gasteiger partial charge in [-0.15, -0.1) is 0 Å². The lowest BCUT2D eigenvalue weighted by molar-refractivity contribution is 0.563. The molecule has 0 bridgehead atoms. The molecular weight excluding hydrogens is 200 g/mol. The molecule has 2 rings (SSSR count). The Hall–Kier alpha value is -1.90. The lowest BCUT2D eigenvalue weighted by Crippen LogP contribution is -2.18. The van der Waals surface area contributed by atoms with Crippen molar-refractivity contribution in [2.45, 2.75) is 13.5 Å². The second-order valence-electron chi connectivity index (χ2n) is 4.00. The van der Waals surface area contributed by atoms with Crippen LogP contribution in [0.25, 0.3) is 0 Å². The molecule has 0 fully saturated rings. The molecule has 0 aliphatic rings. The fraction of sp³-hybridized carbons (Fsp3) is 0.231. The molecule has 0 unspecified atom stereocenters. The number of anilines is 2. The van der Waals surface area contributed by atoms with Gasteiger partial charge in [-0.05, 0) is 24.6 Å². The fourth-order valence-electron chi connectivity index (χ4n) is 1.94. The normalized spacial score (nSPS) is 10.4. The highest BCUT2D eigenvalue weighted by molar-refractivity contribution is 5.71. The van der Waals surface area contributed by atoms with Crippen LogP contribution in [0.3, 0.4) is 0 Å². The molecule has 84 valence electrons. The summed E-state index contributed by atoms with van der Waals surface area (Å²) in [5.74, 6) is 0. The van der Waals surface area contributed by atoms with Gasteiger partial charge in [0.1, 0.15) is 0 Å². The Morgan fingerprint density at radius 1 is 1.31 bits per heavy atom. The van der Waals surface area contributed by atoms with Gasteiger partial charge in [-0.2, -0.15) is 0 Å². The predicted octanol–water partition coefficient (Wildman–Crippen LogP) is 2.81. The topological polar surface area (TPSA) is 42.4 Å². The Bertz CT molecular complexity index is 443. The average molecular weight is 216 g/mol. The first-order valence-corrected chi connectivity index (χ1v) is 5.26. The highest BCUT2D eigenvalue weighted by Gasteiger charge is 2.09. The predicted molar refractivity (Wildman–Crippen MR) is 66.4 cm³/mol. The van der Waals surface area contributed by atoms with Gasteiger partial charge in [-0.3, -0.25) is 0 Å². The van der Waals surface area contributed by atoms with Gasteiger partial charge >= 0.3 is 0 Å². The molecule has 0 amide bonds. The summed E-state index contributed by atoms with van der Waals surface area (Å²) in [6.45, 7) is 2.86. The quantitative estimate of drug-likeness (QED) is 0.802. The van der Waals surface area contributed by atoms with Crippen LogP contribution in [0, 0.1) is 6.92 Å². The first-order valence-electron chi connectivity index (χ1n) is 5.26. The number of furan rings is 1. The van der Waals surface area contributed by atoms with Crippen molar-refractivity contribution in [3.63, 3.8) is 0 Å². The summed E-state index contributed by atoms with van der Waals surface area (Å²) in [6.07, 6.45) is 3.44. The second kappa shape index (κ2) is 4.31. The third-order valence-electron chi connectivity index (χ3n) is 2.65. The molecular formula is C13H16N2O. The van der Waals surface area contributed by atoms with E-state index in [0.717, 1.165) is 23.5 Å². The number of nitrogens with two attached hydrogens (primary N) is 1. The van der Waals surface area contributed by atoms with E-state index in [1.54, 1.807) is 12.5 Å². The van der Waals surface area contributed by atoms with E-state index in [4.69, 9.17) is 10.2 Å². The van der Waals surface area contributed by atoms with Crippen molar-refractivity contribution in [3.8, 4) is 0 Å². The van der Waals surface area contributed by atoms with Crippen molar-refractivity contribution in [3.05, 3.63) is 47.9 Å². The molecule has 0 radical (unpaired) electrons. The summed E-state index contributed by atoms with van der Waals surface area (Å²) < 4.78 is 5.05. The monoisotopic (exact) mass is 216 g/mol. The molecule has 3 nitrogen and oxygen atoms in total. The minimum atomic E-state index is 0.797. The zero-order valence-electron chi connectivity index (χ0n) is 9.60. The third-order valence-corrected chi connectivity index (χ3v) is 2.65. The van der Waals surface area contributed by atoms with E-state index in [9.17, 15) is 0 Å². The SMILES string of the molecule is Cc1cccc(N)c1N(C)Cc1ccoc1. The van der Waals surface area contributed by atoms with Crippen LogP contribution >= 0.6 is 0 Å². The molecule has 1 aromatic carbocycles. The Labute approximate surface area is 95.5 Å². The van der Waals surface area contributed by atoms with Crippen LogP contribution in [0.15, 0.2) is 41.2 Å². The number of hydrogen-bond acceptors (Lipinski definition) is 3. The molecule has 16 heavy (non-hydrogen) atoms. The van der Waals surface area contributed by atoms with Crippen LogP contribution in [0.1, 0.15) is 11.1 Å². The van der Waals surface area contributed by atoms with E-state index in [1.807, 2.05) is 25.2 Å². The van der Waals surface area contributed by atoms with Gasteiger partial charge in [-0.25, -0.2) is 0 Å². The molecule has 0 aliphatic heterocycles. The van der Waals surface area contributed by atoms with Crippen LogP contribution < -0.4 is 10.6 Å². The minimum absolute atomic E-state index is 0.797. The van der Waals surface area contributed by atoms with Gasteiger partial charge in [-0.1, -0.05) is 12.1 Å². The highest BCUT2D eigenvalue weighted by atomic mass is 16.3. The maximum absolute atomic E-state index is 5.99. The van der Waals surface area contributed by atoms with Gasteiger partial charge in [0.05, 0.1) is 23.9 Å². The lowest BCUT2D eigenvalue weighted by Gasteiger charge is -2.22. The number of nitrogen functional groups attached to an aromatic ring is 1. The maximum atomic E-state index is 5.99. The summed E-state index contributed by atoms with van der Waals surface area (Å²) in [7, 11) is 2.03. The van der Waals surface area contributed by atoms with Crippen LogP contribution in [0.4, 0.5) is 11.4 Å². The first kappa shape index (κ1) is 10.6. The molecule has 1 aromatic heterocycles. The van der Waals surface area contributed by atoms with Gasteiger partial charge in [0.2, 0.25) is 0 Å². The van der Waals surface area contributed by atoms with Gasteiger partial charge < -0.3 is 15.1 Å². The smallest absolute Gasteiger partial charge is 0.0952 e. The molecule has 2 aromatic rings. The minimum Gasteiger partial charge on any atom is -0.472 e. The molecule has 1 heterocycles. The molecule has 2 N–H and O–H groups in total. The van der Waals surface area contributed by atoms with E-state index < -0.39 is 0 Å². The zero-order valence-corrected chi connectivity index (χ0v) is 9.60. The van der Waals surface area contributed by atoms with Gasteiger partial charge in [0, 0.05) is 19.2 Å². The van der Waals surface area contributed by atoms with Crippen molar-refractivity contribution in [1.82, 2.24) is 0 Å². The molecule has 0 spiro atoms. The molecule has 0 atom stereocenters. The highest BCUT2D eigenvalue weighted by Crippen LogP contribution is 2.27. The van der Waals surface area contributed by atoms with Gasteiger partial charge in [0.15, 0.2) is 0 Å². The van der Waals surface area contributed by atoms with E-state index in [-0.39, 0.29) is 0 Å². The van der Waals surface area contributed by atoms with Crippen molar-refractivity contribution < 1.29 is 4.42 Å². The fourth-order valence-corrected chi connectivity index (χ4v) is 1.94. The number of hydrogen-bond donors (Lipinski definition) is 1. The molecule has 3 heteroatoms. The summed E-state index contributed by atoms with van der Waals surface area (Å²) in [6, 6.07) is 7.93. The Morgan fingerprint density at radius 3 is 2.75 bits per heavy atom. The Kier molecular flexibility index (Phi) is 2.86. The number of rotatable bonds is 3. The summed E-state index contributed by atoms with van der Waals surface area (Å²) in [4.78, 5) is 2.13. The largest absolute Gasteiger partial charge is 0.472 e. The second-order valence-corrected chi connectivity index (χ2v) is 4.00. The zero-order chi connectivity index (χ0) is 11.5. The standard InChI is InChI=1S/C13H16N2O/c1-10-4-3-5-12(14)13(10)15(2)8-11-6-7-16-9-11/h3-7,9H,8,14H2,1-2H3. The van der Waals surface area contributed by atoms with E-state index in [0.29, 0.717) is 0 Å².